The van der Waals surface area contributed by atoms with Gasteiger partial charge >= 0.3 is 11.7 Å². The molecule has 0 fully saturated rings. The molecule has 1 aromatic heterocycles. The molecule has 2 aromatic carbocycles. The van der Waals surface area contributed by atoms with E-state index >= 15 is 0 Å². The maximum atomic E-state index is 12.5. The third kappa shape index (κ3) is 5.75. The maximum absolute atomic E-state index is 12.5. The number of nitrogens with one attached hydrogen (secondary N) is 1. The summed E-state index contributed by atoms with van der Waals surface area (Å²) < 4.78 is 11.8. The van der Waals surface area contributed by atoms with Gasteiger partial charge in [0, 0.05) is 6.07 Å². The lowest BCUT2D eigenvalue weighted by Gasteiger charge is -2.12. The number of benzene rings is 2. The summed E-state index contributed by atoms with van der Waals surface area (Å²) in [6, 6.07) is 8.92. The van der Waals surface area contributed by atoms with Crippen molar-refractivity contribution < 1.29 is 28.9 Å². The monoisotopic (exact) mass is 510 g/mol. The van der Waals surface area contributed by atoms with Crippen molar-refractivity contribution in [3.05, 3.63) is 85.2 Å². The van der Waals surface area contributed by atoms with Crippen LogP contribution in [0.3, 0.4) is 0 Å². The van der Waals surface area contributed by atoms with E-state index in [0.717, 1.165) is 0 Å². The van der Waals surface area contributed by atoms with E-state index in [1.807, 2.05) is 0 Å². The molecule has 1 amide bonds. The number of hydrogen-bond acceptors (Lipinski definition) is 10. The van der Waals surface area contributed by atoms with Crippen molar-refractivity contribution >= 4 is 29.5 Å². The molecule has 1 atom stereocenters. The molecule has 37 heavy (non-hydrogen) atoms. The predicted octanol–water partition coefficient (Wildman–Crippen LogP) is 3.26. The minimum atomic E-state index is -0.933. The summed E-state index contributed by atoms with van der Waals surface area (Å²) in [6.07, 6.45) is 1.31. The molecular weight excluding hydrogens is 488 g/mol. The van der Waals surface area contributed by atoms with Gasteiger partial charge in [0.1, 0.15) is 23.0 Å². The number of carbonyl (C=O) groups excluding carboxylic acids is 2. The number of carbonyl (C=O) groups is 2. The van der Waals surface area contributed by atoms with E-state index in [4.69, 9.17) is 9.47 Å². The van der Waals surface area contributed by atoms with Crippen LogP contribution in [-0.2, 0) is 4.79 Å². The number of ether oxygens (including phenoxy) is 2. The van der Waals surface area contributed by atoms with Gasteiger partial charge in [-0.1, -0.05) is 12.1 Å². The number of esters is 1. The summed E-state index contributed by atoms with van der Waals surface area (Å²) in [5.41, 5.74) is 2.49. The first kappa shape index (κ1) is 26.5. The van der Waals surface area contributed by atoms with Gasteiger partial charge in [0.05, 0.1) is 23.2 Å². The molecule has 192 valence electrons. The van der Waals surface area contributed by atoms with Crippen LogP contribution in [0.1, 0.15) is 40.3 Å². The normalized spacial score (nSPS) is 11.7. The fraction of sp³-hybridized carbons (Fsp3) is 0.217. The summed E-state index contributed by atoms with van der Waals surface area (Å²) in [6.45, 7) is 4.51. The van der Waals surface area contributed by atoms with Gasteiger partial charge in [0.25, 0.3) is 11.6 Å². The second-order valence-electron chi connectivity index (χ2n) is 7.71. The third-order valence-electron chi connectivity index (χ3n) is 5.32. The Bertz CT molecular complexity index is 1410. The zero-order valence-electron chi connectivity index (χ0n) is 20.2. The average Bonchev–Trinajstić information content (AvgIpc) is 3.17. The molecule has 0 aliphatic carbocycles. The zero-order valence-corrected chi connectivity index (χ0v) is 20.2. The summed E-state index contributed by atoms with van der Waals surface area (Å²) in [7, 11) is 1.34. The third-order valence-corrected chi connectivity index (χ3v) is 5.32. The van der Waals surface area contributed by atoms with Crippen molar-refractivity contribution in [3.63, 3.8) is 0 Å². The van der Waals surface area contributed by atoms with Crippen molar-refractivity contribution in [2.24, 2.45) is 5.10 Å². The minimum absolute atomic E-state index is 0.0200. The van der Waals surface area contributed by atoms with Gasteiger partial charge in [-0.2, -0.15) is 10.2 Å². The molecule has 0 saturated heterocycles. The molecule has 14 nitrogen and oxygen atoms in total. The Morgan fingerprint density at radius 2 is 1.81 bits per heavy atom. The van der Waals surface area contributed by atoms with E-state index in [-0.39, 0.29) is 34.1 Å². The topological polar surface area (TPSA) is 181 Å². The SMILES string of the molecule is COc1cc(C=NNC(=O)C(C)n2nc(C)c([N+](=O)[O-])c2C)ccc1OC(=O)c1ccccc1[N+](=O)[O-]. The first-order valence-corrected chi connectivity index (χ1v) is 10.7. The number of para-hydroxylation sites is 1. The second-order valence-corrected chi connectivity index (χ2v) is 7.71. The standard InChI is InChI=1S/C23H22N6O8/c1-13-21(29(34)35)14(2)27(26-13)15(3)22(30)25-24-12-16-9-10-19(20(11-16)36-4)37-23(31)17-7-5-6-8-18(17)28(32)33/h5-12,15H,1-4H3,(H,25,30). The summed E-state index contributed by atoms with van der Waals surface area (Å²) in [4.78, 5) is 46.1. The molecule has 0 aliphatic rings. The van der Waals surface area contributed by atoms with Gasteiger partial charge in [-0.05, 0) is 50.6 Å². The lowest BCUT2D eigenvalue weighted by molar-refractivity contribution is -0.386. The molecular formula is C23H22N6O8. The Morgan fingerprint density at radius 3 is 2.43 bits per heavy atom. The van der Waals surface area contributed by atoms with E-state index in [1.165, 1.54) is 81.2 Å². The number of rotatable bonds is 9. The maximum Gasteiger partial charge on any atom is 0.350 e. The number of hydrazone groups is 1. The largest absolute Gasteiger partial charge is 0.493 e. The van der Waals surface area contributed by atoms with Gasteiger partial charge < -0.3 is 9.47 Å². The van der Waals surface area contributed by atoms with Crippen molar-refractivity contribution in [2.75, 3.05) is 7.11 Å². The van der Waals surface area contributed by atoms with Crippen LogP contribution in [0.15, 0.2) is 47.6 Å². The molecule has 14 heteroatoms. The minimum Gasteiger partial charge on any atom is -0.493 e. The number of hydrogen-bond donors (Lipinski definition) is 1. The van der Waals surface area contributed by atoms with Gasteiger partial charge in [-0.3, -0.25) is 29.7 Å². The fourth-order valence-corrected chi connectivity index (χ4v) is 3.48. The first-order chi connectivity index (χ1) is 17.5. The Labute approximate surface area is 209 Å². The second kappa shape index (κ2) is 11.1. The Hall–Kier alpha value is -5.14. The molecule has 0 aliphatic heterocycles. The number of nitro benzene ring substituents is 1. The van der Waals surface area contributed by atoms with Crippen molar-refractivity contribution in [1.82, 2.24) is 15.2 Å². The summed E-state index contributed by atoms with van der Waals surface area (Å²) >= 11 is 0. The van der Waals surface area contributed by atoms with E-state index in [0.29, 0.717) is 5.56 Å². The van der Waals surface area contributed by atoms with E-state index < -0.39 is 33.5 Å². The van der Waals surface area contributed by atoms with Gasteiger partial charge in [0.15, 0.2) is 11.5 Å². The summed E-state index contributed by atoms with van der Waals surface area (Å²) in [5.74, 6) is -1.33. The summed E-state index contributed by atoms with van der Waals surface area (Å²) in [5, 5.41) is 30.3. The smallest absolute Gasteiger partial charge is 0.350 e. The Kier molecular flexibility index (Phi) is 7.92. The number of methoxy groups -OCH3 is 1. The number of aryl methyl sites for hydroxylation is 1. The van der Waals surface area contributed by atoms with Gasteiger partial charge in [0.2, 0.25) is 0 Å². The molecule has 1 N–H and O–H groups in total. The molecule has 0 bridgehead atoms. The van der Waals surface area contributed by atoms with Crippen LogP contribution in [0.4, 0.5) is 11.4 Å². The lowest BCUT2D eigenvalue weighted by atomic mass is 10.2. The number of nitrogens with zero attached hydrogens (tertiary/aromatic N) is 5. The van der Waals surface area contributed by atoms with Crippen LogP contribution in [0.25, 0.3) is 0 Å². The predicted molar refractivity (Wildman–Crippen MR) is 130 cm³/mol. The van der Waals surface area contributed by atoms with E-state index in [2.05, 4.69) is 15.6 Å². The van der Waals surface area contributed by atoms with Crippen molar-refractivity contribution in [3.8, 4) is 11.5 Å². The Balaban J connectivity index is 1.71. The molecule has 1 heterocycles. The van der Waals surface area contributed by atoms with Crippen molar-refractivity contribution in [2.45, 2.75) is 26.8 Å². The molecule has 3 rings (SSSR count). The fourth-order valence-electron chi connectivity index (χ4n) is 3.48. The highest BCUT2D eigenvalue weighted by atomic mass is 16.6. The van der Waals surface area contributed by atoms with Crippen molar-refractivity contribution in [1.29, 1.82) is 0 Å². The van der Waals surface area contributed by atoms with Crippen LogP contribution in [-0.4, -0.2) is 44.8 Å². The highest BCUT2D eigenvalue weighted by Gasteiger charge is 2.27. The highest BCUT2D eigenvalue weighted by molar-refractivity contribution is 5.95. The molecule has 0 radical (unpaired) electrons. The van der Waals surface area contributed by atoms with Crippen LogP contribution in [0.2, 0.25) is 0 Å². The van der Waals surface area contributed by atoms with Crippen LogP contribution in [0, 0.1) is 34.1 Å². The highest BCUT2D eigenvalue weighted by Crippen LogP contribution is 2.30. The van der Waals surface area contributed by atoms with Gasteiger partial charge in [-0.15, -0.1) is 0 Å². The molecule has 0 spiro atoms. The molecule has 0 saturated carbocycles. The molecule has 1 unspecified atom stereocenters. The number of nitro groups is 2. The molecule has 3 aromatic rings. The first-order valence-electron chi connectivity index (χ1n) is 10.7. The number of amides is 1. The Morgan fingerprint density at radius 1 is 1.11 bits per heavy atom. The average molecular weight is 510 g/mol. The number of aromatic nitrogens is 2. The zero-order chi connectivity index (χ0) is 27.3. The van der Waals surface area contributed by atoms with Crippen LogP contribution < -0.4 is 14.9 Å². The quantitative estimate of drug-likeness (QED) is 0.148. The van der Waals surface area contributed by atoms with Crippen LogP contribution >= 0.6 is 0 Å². The van der Waals surface area contributed by atoms with Crippen LogP contribution in [0.5, 0.6) is 11.5 Å². The van der Waals surface area contributed by atoms with E-state index in [1.54, 1.807) is 0 Å². The van der Waals surface area contributed by atoms with E-state index in [9.17, 15) is 29.8 Å². The lowest BCUT2D eigenvalue weighted by Crippen LogP contribution is -2.28. The van der Waals surface area contributed by atoms with Gasteiger partial charge in [-0.25, -0.2) is 10.2 Å².